The standard InChI is InChI=1S/C15H24N2O2S2/c1-2-7-16-10-13-5-6-15(20-13)21(18,19)17-14-9-11-3-4-12(14)8-11/h5-6,11-12,14,16-17H,2-4,7-10H2,1H3. The summed E-state index contributed by atoms with van der Waals surface area (Å²) >= 11 is 1.38. The summed E-state index contributed by atoms with van der Waals surface area (Å²) in [6, 6.07) is 3.82. The zero-order valence-corrected chi connectivity index (χ0v) is 14.1. The molecular weight excluding hydrogens is 304 g/mol. The average molecular weight is 329 g/mol. The van der Waals surface area contributed by atoms with Crippen LogP contribution in [-0.2, 0) is 16.6 Å². The molecule has 118 valence electrons. The SMILES string of the molecule is CCCNCc1ccc(S(=O)(=O)NC2CC3CCC2C3)s1. The van der Waals surface area contributed by atoms with Gasteiger partial charge in [0.2, 0.25) is 10.0 Å². The molecule has 6 heteroatoms. The van der Waals surface area contributed by atoms with Crippen LogP contribution in [0.4, 0.5) is 0 Å². The molecule has 1 heterocycles. The van der Waals surface area contributed by atoms with Gasteiger partial charge in [-0.3, -0.25) is 0 Å². The van der Waals surface area contributed by atoms with Crippen LogP contribution in [0.15, 0.2) is 16.3 Å². The number of thiophene rings is 1. The van der Waals surface area contributed by atoms with Gasteiger partial charge in [0, 0.05) is 17.5 Å². The van der Waals surface area contributed by atoms with Crippen LogP contribution in [0.5, 0.6) is 0 Å². The van der Waals surface area contributed by atoms with E-state index in [4.69, 9.17) is 0 Å². The molecule has 0 spiro atoms. The van der Waals surface area contributed by atoms with Crippen LogP contribution in [0.1, 0.15) is 43.9 Å². The molecule has 3 unspecified atom stereocenters. The minimum atomic E-state index is -3.34. The number of rotatable bonds is 7. The molecule has 2 aliphatic carbocycles. The maximum atomic E-state index is 12.5. The minimum Gasteiger partial charge on any atom is -0.312 e. The summed E-state index contributed by atoms with van der Waals surface area (Å²) in [5.74, 6) is 1.32. The second kappa shape index (κ2) is 6.36. The van der Waals surface area contributed by atoms with Gasteiger partial charge in [0.1, 0.15) is 4.21 Å². The highest BCUT2D eigenvalue weighted by Crippen LogP contribution is 2.44. The van der Waals surface area contributed by atoms with Crippen LogP contribution in [0.3, 0.4) is 0 Å². The molecule has 21 heavy (non-hydrogen) atoms. The maximum absolute atomic E-state index is 12.5. The highest BCUT2D eigenvalue weighted by atomic mass is 32.2. The molecule has 2 aliphatic rings. The molecule has 0 saturated heterocycles. The fraction of sp³-hybridized carbons (Fsp3) is 0.733. The smallest absolute Gasteiger partial charge is 0.250 e. The fourth-order valence-electron chi connectivity index (χ4n) is 3.63. The van der Waals surface area contributed by atoms with E-state index in [0.717, 1.165) is 36.7 Å². The van der Waals surface area contributed by atoms with Gasteiger partial charge in [-0.2, -0.15) is 0 Å². The van der Waals surface area contributed by atoms with Crippen LogP contribution in [-0.4, -0.2) is 21.0 Å². The molecule has 0 amide bonds. The lowest BCUT2D eigenvalue weighted by molar-refractivity contribution is 0.390. The predicted octanol–water partition coefficient (Wildman–Crippen LogP) is 2.71. The van der Waals surface area contributed by atoms with E-state index >= 15 is 0 Å². The first-order chi connectivity index (χ1) is 10.1. The Labute approximate surface area is 131 Å². The summed E-state index contributed by atoms with van der Waals surface area (Å²) in [6.07, 6.45) is 5.80. The Morgan fingerprint density at radius 1 is 1.29 bits per heavy atom. The molecule has 0 aliphatic heterocycles. The van der Waals surface area contributed by atoms with Crippen molar-refractivity contribution in [3.05, 3.63) is 17.0 Å². The van der Waals surface area contributed by atoms with E-state index in [-0.39, 0.29) is 6.04 Å². The van der Waals surface area contributed by atoms with E-state index in [1.54, 1.807) is 6.07 Å². The predicted molar refractivity (Wildman–Crippen MR) is 85.9 cm³/mol. The normalized spacial score (nSPS) is 28.3. The number of sulfonamides is 1. The topological polar surface area (TPSA) is 58.2 Å². The first-order valence-corrected chi connectivity index (χ1v) is 10.2. The van der Waals surface area contributed by atoms with Crippen molar-refractivity contribution < 1.29 is 8.42 Å². The maximum Gasteiger partial charge on any atom is 0.250 e. The number of nitrogens with one attached hydrogen (secondary N) is 2. The van der Waals surface area contributed by atoms with E-state index in [0.29, 0.717) is 10.1 Å². The third-order valence-electron chi connectivity index (χ3n) is 4.67. The van der Waals surface area contributed by atoms with Crippen molar-refractivity contribution in [1.82, 2.24) is 10.0 Å². The van der Waals surface area contributed by atoms with Gasteiger partial charge in [-0.05, 0) is 56.2 Å². The molecule has 0 aromatic carbocycles. The van der Waals surface area contributed by atoms with Crippen molar-refractivity contribution in [2.24, 2.45) is 11.8 Å². The molecular formula is C15H24N2O2S2. The number of hydrogen-bond acceptors (Lipinski definition) is 4. The third kappa shape index (κ3) is 3.50. The average Bonchev–Trinajstić information content (AvgIpc) is 3.13. The second-order valence-electron chi connectivity index (χ2n) is 6.30. The van der Waals surface area contributed by atoms with Gasteiger partial charge in [0.15, 0.2) is 0 Å². The lowest BCUT2D eigenvalue weighted by Gasteiger charge is -2.22. The Morgan fingerprint density at radius 3 is 2.81 bits per heavy atom. The van der Waals surface area contributed by atoms with E-state index < -0.39 is 10.0 Å². The van der Waals surface area contributed by atoms with Crippen LogP contribution in [0, 0.1) is 11.8 Å². The zero-order chi connectivity index (χ0) is 14.9. The Bertz CT molecular complexity index is 582. The number of hydrogen-bond donors (Lipinski definition) is 2. The van der Waals surface area contributed by atoms with E-state index in [9.17, 15) is 8.42 Å². The van der Waals surface area contributed by atoms with Gasteiger partial charge in [-0.25, -0.2) is 13.1 Å². The Kier molecular flexibility index (Phi) is 4.69. The highest BCUT2D eigenvalue weighted by Gasteiger charge is 2.41. The Morgan fingerprint density at radius 2 is 2.14 bits per heavy atom. The molecule has 2 saturated carbocycles. The van der Waals surface area contributed by atoms with Gasteiger partial charge in [-0.15, -0.1) is 11.3 Å². The fourth-order valence-corrected chi connectivity index (χ4v) is 6.29. The van der Waals surface area contributed by atoms with Gasteiger partial charge >= 0.3 is 0 Å². The molecule has 0 radical (unpaired) electrons. The molecule has 2 N–H and O–H groups in total. The molecule has 2 bridgehead atoms. The van der Waals surface area contributed by atoms with Gasteiger partial charge in [0.25, 0.3) is 0 Å². The van der Waals surface area contributed by atoms with Gasteiger partial charge < -0.3 is 5.32 Å². The lowest BCUT2D eigenvalue weighted by Crippen LogP contribution is -2.38. The number of fused-ring (bicyclic) bond motifs is 2. The summed E-state index contributed by atoms with van der Waals surface area (Å²) in [6.45, 7) is 3.84. The van der Waals surface area contributed by atoms with E-state index in [1.165, 1.54) is 30.6 Å². The molecule has 3 atom stereocenters. The minimum absolute atomic E-state index is 0.164. The van der Waals surface area contributed by atoms with E-state index in [2.05, 4.69) is 17.0 Å². The summed E-state index contributed by atoms with van der Waals surface area (Å²) in [7, 11) is -3.34. The second-order valence-corrected chi connectivity index (χ2v) is 9.41. The lowest BCUT2D eigenvalue weighted by atomic mass is 9.96. The molecule has 1 aromatic rings. The largest absolute Gasteiger partial charge is 0.312 e. The summed E-state index contributed by atoms with van der Waals surface area (Å²) < 4.78 is 28.4. The van der Waals surface area contributed by atoms with Crippen molar-refractivity contribution >= 4 is 21.4 Å². The summed E-state index contributed by atoms with van der Waals surface area (Å²) in [5.41, 5.74) is 0. The zero-order valence-electron chi connectivity index (χ0n) is 12.5. The quantitative estimate of drug-likeness (QED) is 0.757. The summed E-state index contributed by atoms with van der Waals surface area (Å²) in [4.78, 5) is 1.08. The Balaban J connectivity index is 1.62. The van der Waals surface area contributed by atoms with Crippen LogP contribution in [0.2, 0.25) is 0 Å². The van der Waals surface area contributed by atoms with Crippen LogP contribution in [0.25, 0.3) is 0 Å². The van der Waals surface area contributed by atoms with E-state index in [1.807, 2.05) is 6.07 Å². The highest BCUT2D eigenvalue weighted by molar-refractivity contribution is 7.91. The van der Waals surface area contributed by atoms with Crippen molar-refractivity contribution in [2.45, 2.75) is 55.8 Å². The van der Waals surface area contributed by atoms with Crippen LogP contribution >= 0.6 is 11.3 Å². The molecule has 2 fully saturated rings. The monoisotopic (exact) mass is 328 g/mol. The van der Waals surface area contributed by atoms with Crippen molar-refractivity contribution in [1.29, 1.82) is 0 Å². The van der Waals surface area contributed by atoms with Crippen molar-refractivity contribution in [3.8, 4) is 0 Å². The Hall–Kier alpha value is -0.430. The summed E-state index contributed by atoms with van der Waals surface area (Å²) in [5, 5.41) is 3.31. The van der Waals surface area contributed by atoms with Gasteiger partial charge in [0.05, 0.1) is 0 Å². The van der Waals surface area contributed by atoms with Crippen molar-refractivity contribution in [3.63, 3.8) is 0 Å². The molecule has 4 nitrogen and oxygen atoms in total. The first kappa shape index (κ1) is 15.5. The van der Waals surface area contributed by atoms with Crippen molar-refractivity contribution in [2.75, 3.05) is 6.54 Å². The van der Waals surface area contributed by atoms with Crippen LogP contribution < -0.4 is 10.0 Å². The molecule has 3 rings (SSSR count). The third-order valence-corrected chi connectivity index (χ3v) is 7.74. The first-order valence-electron chi connectivity index (χ1n) is 7.90. The molecule has 1 aromatic heterocycles. The van der Waals surface area contributed by atoms with Gasteiger partial charge in [-0.1, -0.05) is 13.3 Å².